The van der Waals surface area contributed by atoms with Crippen LogP contribution in [0.1, 0.15) is 32.6 Å². The zero-order valence-corrected chi connectivity index (χ0v) is 14.2. The predicted molar refractivity (Wildman–Crippen MR) is 93.5 cm³/mol. The molecule has 0 saturated heterocycles. The molecule has 0 aliphatic heterocycles. The minimum Gasteiger partial charge on any atom is -0.351 e. The molecule has 1 heterocycles. The average molecular weight is 343 g/mol. The minimum atomic E-state index is -0.335. The molecule has 1 aliphatic rings. The first-order chi connectivity index (χ1) is 12.0. The molecule has 1 saturated carbocycles. The van der Waals surface area contributed by atoms with Crippen LogP contribution in [0.3, 0.4) is 0 Å². The molecule has 3 rings (SSSR count). The van der Waals surface area contributed by atoms with E-state index in [0.717, 1.165) is 23.9 Å². The van der Waals surface area contributed by atoms with E-state index in [9.17, 15) is 14.0 Å². The Morgan fingerprint density at radius 3 is 2.64 bits per heavy atom. The van der Waals surface area contributed by atoms with Crippen LogP contribution in [0.5, 0.6) is 0 Å². The van der Waals surface area contributed by atoms with Gasteiger partial charge in [0.1, 0.15) is 12.4 Å². The Hall–Kier alpha value is -2.50. The number of rotatable bonds is 4. The van der Waals surface area contributed by atoms with Crippen molar-refractivity contribution in [3.05, 3.63) is 52.6 Å². The SMILES string of the molecule is C[C@@H]1CCCC[C@@H]1NC(=O)Cn1nc(-c2ccc(F)cc2)ccc1=O. The van der Waals surface area contributed by atoms with E-state index >= 15 is 0 Å². The molecule has 0 unspecified atom stereocenters. The summed E-state index contributed by atoms with van der Waals surface area (Å²) in [6.45, 7) is 2.03. The van der Waals surface area contributed by atoms with Crippen molar-refractivity contribution in [2.75, 3.05) is 0 Å². The van der Waals surface area contributed by atoms with Crippen LogP contribution in [0, 0.1) is 11.7 Å². The summed E-state index contributed by atoms with van der Waals surface area (Å²) in [5.74, 6) is -0.0874. The van der Waals surface area contributed by atoms with E-state index in [4.69, 9.17) is 0 Å². The van der Waals surface area contributed by atoms with Gasteiger partial charge in [0, 0.05) is 17.7 Å². The van der Waals surface area contributed by atoms with Crippen LogP contribution < -0.4 is 10.9 Å². The molecule has 25 heavy (non-hydrogen) atoms. The summed E-state index contributed by atoms with van der Waals surface area (Å²) in [6.07, 6.45) is 4.41. The summed E-state index contributed by atoms with van der Waals surface area (Å²) in [6, 6.07) is 8.98. The maximum atomic E-state index is 13.0. The summed E-state index contributed by atoms with van der Waals surface area (Å²) < 4.78 is 14.2. The number of hydrogen-bond donors (Lipinski definition) is 1. The van der Waals surface area contributed by atoms with E-state index in [2.05, 4.69) is 17.3 Å². The molecule has 1 aliphatic carbocycles. The molecule has 1 fully saturated rings. The number of nitrogens with zero attached hydrogens (tertiary/aromatic N) is 2. The largest absolute Gasteiger partial charge is 0.351 e. The molecule has 1 amide bonds. The van der Waals surface area contributed by atoms with Gasteiger partial charge < -0.3 is 5.32 Å². The Bertz CT molecular complexity index is 801. The van der Waals surface area contributed by atoms with Gasteiger partial charge in [0.15, 0.2) is 0 Å². The first-order valence-corrected chi connectivity index (χ1v) is 8.66. The Labute approximate surface area is 145 Å². The van der Waals surface area contributed by atoms with Crippen molar-refractivity contribution in [2.45, 2.75) is 45.2 Å². The third-order valence-corrected chi connectivity index (χ3v) is 4.76. The maximum absolute atomic E-state index is 13.0. The highest BCUT2D eigenvalue weighted by Crippen LogP contribution is 2.23. The maximum Gasteiger partial charge on any atom is 0.267 e. The second-order valence-corrected chi connectivity index (χ2v) is 6.66. The third kappa shape index (κ3) is 4.32. The number of carbonyl (C=O) groups excluding carboxylic acids is 1. The standard InChI is InChI=1S/C19H22FN3O2/c1-13-4-2-3-5-16(13)21-18(24)12-23-19(25)11-10-17(22-23)14-6-8-15(20)9-7-14/h6-11,13,16H,2-5,12H2,1H3,(H,21,24)/t13-,16+/m1/s1. The van der Waals surface area contributed by atoms with Crippen LogP contribution >= 0.6 is 0 Å². The Balaban J connectivity index is 1.73. The Morgan fingerprint density at radius 1 is 1.20 bits per heavy atom. The molecule has 0 spiro atoms. The molecule has 0 radical (unpaired) electrons. The third-order valence-electron chi connectivity index (χ3n) is 4.76. The predicted octanol–water partition coefficient (Wildman–Crippen LogP) is 2.74. The van der Waals surface area contributed by atoms with Crippen molar-refractivity contribution in [3.8, 4) is 11.3 Å². The van der Waals surface area contributed by atoms with Crippen LogP contribution in [-0.4, -0.2) is 21.7 Å². The van der Waals surface area contributed by atoms with E-state index in [0.29, 0.717) is 17.2 Å². The minimum absolute atomic E-state index is 0.114. The molecular weight excluding hydrogens is 321 g/mol. The molecule has 6 heteroatoms. The number of benzene rings is 1. The van der Waals surface area contributed by atoms with Crippen molar-refractivity contribution in [1.29, 1.82) is 0 Å². The van der Waals surface area contributed by atoms with Gasteiger partial charge in [0.25, 0.3) is 5.56 Å². The topological polar surface area (TPSA) is 64.0 Å². The van der Waals surface area contributed by atoms with Gasteiger partial charge in [-0.1, -0.05) is 19.8 Å². The van der Waals surface area contributed by atoms with Crippen LogP contribution in [0.25, 0.3) is 11.3 Å². The van der Waals surface area contributed by atoms with Gasteiger partial charge in [-0.15, -0.1) is 0 Å². The first-order valence-electron chi connectivity index (χ1n) is 8.66. The van der Waals surface area contributed by atoms with Crippen molar-refractivity contribution in [1.82, 2.24) is 15.1 Å². The molecule has 1 aromatic heterocycles. The monoisotopic (exact) mass is 343 g/mol. The summed E-state index contributed by atoms with van der Waals surface area (Å²) in [4.78, 5) is 24.3. The zero-order chi connectivity index (χ0) is 17.8. The number of nitrogens with one attached hydrogen (secondary N) is 1. The van der Waals surface area contributed by atoms with Gasteiger partial charge in [-0.25, -0.2) is 9.07 Å². The first kappa shape index (κ1) is 17.3. The van der Waals surface area contributed by atoms with Gasteiger partial charge in [-0.2, -0.15) is 5.10 Å². The van der Waals surface area contributed by atoms with Crippen LogP contribution in [0.2, 0.25) is 0 Å². The summed E-state index contributed by atoms with van der Waals surface area (Å²) in [5, 5.41) is 7.27. The fourth-order valence-electron chi connectivity index (χ4n) is 3.26. The number of carbonyl (C=O) groups is 1. The highest BCUT2D eigenvalue weighted by Gasteiger charge is 2.23. The van der Waals surface area contributed by atoms with E-state index in [1.165, 1.54) is 24.6 Å². The summed E-state index contributed by atoms with van der Waals surface area (Å²) in [5.41, 5.74) is 0.882. The molecule has 1 N–H and O–H groups in total. The number of halogens is 1. The van der Waals surface area contributed by atoms with E-state index in [1.54, 1.807) is 18.2 Å². The van der Waals surface area contributed by atoms with Gasteiger partial charge in [0.2, 0.25) is 5.91 Å². The number of aromatic nitrogens is 2. The molecular formula is C19H22FN3O2. The smallest absolute Gasteiger partial charge is 0.267 e. The Kier molecular flexibility index (Phi) is 5.26. The molecule has 2 aromatic rings. The molecule has 1 aromatic carbocycles. The lowest BCUT2D eigenvalue weighted by Crippen LogP contribution is -2.43. The van der Waals surface area contributed by atoms with Gasteiger partial charge >= 0.3 is 0 Å². The van der Waals surface area contributed by atoms with Crippen molar-refractivity contribution in [3.63, 3.8) is 0 Å². The van der Waals surface area contributed by atoms with Gasteiger partial charge in [0.05, 0.1) is 5.69 Å². The lowest BCUT2D eigenvalue weighted by molar-refractivity contribution is -0.123. The Morgan fingerprint density at radius 2 is 1.92 bits per heavy atom. The van der Waals surface area contributed by atoms with E-state index in [1.807, 2.05) is 0 Å². The van der Waals surface area contributed by atoms with Crippen LogP contribution in [0.15, 0.2) is 41.2 Å². The fraction of sp³-hybridized carbons (Fsp3) is 0.421. The second-order valence-electron chi connectivity index (χ2n) is 6.66. The highest BCUT2D eigenvalue weighted by atomic mass is 19.1. The van der Waals surface area contributed by atoms with Gasteiger partial charge in [-0.3, -0.25) is 9.59 Å². The number of amides is 1. The van der Waals surface area contributed by atoms with Crippen molar-refractivity contribution >= 4 is 5.91 Å². The lowest BCUT2D eigenvalue weighted by atomic mass is 9.86. The quantitative estimate of drug-likeness (QED) is 0.928. The molecule has 5 nitrogen and oxygen atoms in total. The van der Waals surface area contributed by atoms with Crippen molar-refractivity contribution < 1.29 is 9.18 Å². The van der Waals surface area contributed by atoms with Crippen molar-refractivity contribution in [2.24, 2.45) is 5.92 Å². The fourth-order valence-corrected chi connectivity index (χ4v) is 3.26. The second kappa shape index (κ2) is 7.59. The number of hydrogen-bond acceptors (Lipinski definition) is 3. The molecule has 132 valence electrons. The zero-order valence-electron chi connectivity index (χ0n) is 14.2. The average Bonchev–Trinajstić information content (AvgIpc) is 2.60. The van der Waals surface area contributed by atoms with E-state index < -0.39 is 0 Å². The molecule has 2 atom stereocenters. The molecule has 0 bridgehead atoms. The van der Waals surface area contributed by atoms with Gasteiger partial charge in [-0.05, 0) is 49.1 Å². The normalized spacial score (nSPS) is 20.2. The highest BCUT2D eigenvalue weighted by molar-refractivity contribution is 5.76. The van der Waals surface area contributed by atoms with Crippen LogP contribution in [0.4, 0.5) is 4.39 Å². The summed E-state index contributed by atoms with van der Waals surface area (Å²) >= 11 is 0. The lowest BCUT2D eigenvalue weighted by Gasteiger charge is -2.29. The van der Waals surface area contributed by atoms with Crippen LogP contribution in [-0.2, 0) is 11.3 Å². The summed E-state index contributed by atoms with van der Waals surface area (Å²) in [7, 11) is 0. The van der Waals surface area contributed by atoms with E-state index in [-0.39, 0.29) is 29.9 Å².